The lowest BCUT2D eigenvalue weighted by Crippen LogP contribution is -2.35. The Morgan fingerprint density at radius 1 is 1.18 bits per heavy atom. The van der Waals surface area contributed by atoms with E-state index < -0.39 is 0 Å². The van der Waals surface area contributed by atoms with Crippen LogP contribution in [0.25, 0.3) is 11.5 Å². The first-order valence-electron chi connectivity index (χ1n) is 9.60. The summed E-state index contributed by atoms with van der Waals surface area (Å²) in [7, 11) is 0. The van der Waals surface area contributed by atoms with Gasteiger partial charge in [0.05, 0.1) is 17.4 Å². The van der Waals surface area contributed by atoms with Crippen LogP contribution in [0.4, 0.5) is 0 Å². The maximum atomic E-state index is 12.6. The van der Waals surface area contributed by atoms with Gasteiger partial charge in [-0.05, 0) is 43.7 Å². The van der Waals surface area contributed by atoms with Crippen LogP contribution in [0.3, 0.4) is 0 Å². The van der Waals surface area contributed by atoms with E-state index >= 15 is 0 Å². The van der Waals surface area contributed by atoms with Crippen molar-refractivity contribution in [3.63, 3.8) is 0 Å². The van der Waals surface area contributed by atoms with Crippen LogP contribution in [0.5, 0.6) is 5.75 Å². The zero-order valence-corrected chi connectivity index (χ0v) is 16.2. The van der Waals surface area contributed by atoms with E-state index in [1.54, 1.807) is 6.20 Å². The Morgan fingerprint density at radius 2 is 2.00 bits per heavy atom. The van der Waals surface area contributed by atoms with E-state index in [9.17, 15) is 4.79 Å². The highest BCUT2D eigenvalue weighted by Crippen LogP contribution is 2.20. The number of benzene rings is 1. The minimum atomic E-state index is -0.0731. The van der Waals surface area contributed by atoms with Crippen LogP contribution in [0, 0.1) is 0 Å². The van der Waals surface area contributed by atoms with Gasteiger partial charge in [-0.25, -0.2) is 4.98 Å². The molecule has 1 aliphatic heterocycles. The van der Waals surface area contributed by atoms with E-state index in [1.807, 2.05) is 44.2 Å². The van der Waals surface area contributed by atoms with Crippen LogP contribution in [0.1, 0.15) is 30.7 Å². The summed E-state index contributed by atoms with van der Waals surface area (Å²) in [5.41, 5.74) is 3.45. The monoisotopic (exact) mass is 376 g/mol. The van der Waals surface area contributed by atoms with E-state index in [4.69, 9.17) is 4.74 Å². The first-order valence-corrected chi connectivity index (χ1v) is 9.60. The molecule has 0 saturated carbocycles. The average molecular weight is 376 g/mol. The van der Waals surface area contributed by atoms with Gasteiger partial charge in [-0.3, -0.25) is 14.7 Å². The number of rotatable bonds is 5. The second-order valence-corrected chi connectivity index (χ2v) is 7.33. The molecule has 3 heterocycles. The number of nitrogens with zero attached hydrogens (tertiary/aromatic N) is 3. The second-order valence-electron chi connectivity index (χ2n) is 7.33. The third kappa shape index (κ3) is 4.12. The molecule has 0 unspecified atom stereocenters. The lowest BCUT2D eigenvalue weighted by atomic mass is 10.1. The highest BCUT2D eigenvalue weighted by Gasteiger charge is 2.21. The lowest BCUT2D eigenvalue weighted by Gasteiger charge is -2.27. The van der Waals surface area contributed by atoms with Crippen molar-refractivity contribution in [2.45, 2.75) is 39.5 Å². The molecule has 3 aromatic rings. The van der Waals surface area contributed by atoms with Gasteiger partial charge in [0.2, 0.25) is 0 Å². The summed E-state index contributed by atoms with van der Waals surface area (Å²) < 4.78 is 5.70. The van der Waals surface area contributed by atoms with E-state index in [-0.39, 0.29) is 11.7 Å². The largest absolute Gasteiger partial charge is 0.491 e. The van der Waals surface area contributed by atoms with Gasteiger partial charge in [0, 0.05) is 32.3 Å². The number of hydrogen-bond acceptors (Lipinski definition) is 5. The SMILES string of the molecule is CC(C)Oc1ccc(CN2CCc3nc(-c4ccccn4)[nH]c(=O)c3C2)cc1. The summed E-state index contributed by atoms with van der Waals surface area (Å²) in [6, 6.07) is 13.8. The molecule has 0 fully saturated rings. The van der Waals surface area contributed by atoms with E-state index in [0.717, 1.165) is 36.5 Å². The molecular weight excluding hydrogens is 352 g/mol. The first kappa shape index (κ1) is 18.4. The Kier molecular flexibility index (Phi) is 5.21. The molecular formula is C22H24N4O2. The van der Waals surface area contributed by atoms with E-state index in [0.29, 0.717) is 18.1 Å². The van der Waals surface area contributed by atoms with Crippen molar-refractivity contribution in [1.82, 2.24) is 19.9 Å². The fraction of sp³-hybridized carbons (Fsp3) is 0.318. The van der Waals surface area contributed by atoms with Gasteiger partial charge < -0.3 is 9.72 Å². The summed E-state index contributed by atoms with van der Waals surface area (Å²) >= 11 is 0. The highest BCUT2D eigenvalue weighted by molar-refractivity contribution is 5.49. The van der Waals surface area contributed by atoms with Crippen molar-refractivity contribution in [2.24, 2.45) is 0 Å². The van der Waals surface area contributed by atoms with Gasteiger partial charge in [-0.2, -0.15) is 0 Å². The van der Waals surface area contributed by atoms with Crippen molar-refractivity contribution >= 4 is 0 Å². The Balaban J connectivity index is 1.48. The number of H-pyrrole nitrogens is 1. The molecule has 28 heavy (non-hydrogen) atoms. The Labute approximate surface area is 164 Å². The van der Waals surface area contributed by atoms with Crippen molar-refractivity contribution in [3.8, 4) is 17.3 Å². The van der Waals surface area contributed by atoms with Crippen molar-refractivity contribution < 1.29 is 4.74 Å². The fourth-order valence-electron chi connectivity index (χ4n) is 3.44. The molecule has 2 aromatic heterocycles. The molecule has 6 heteroatoms. The molecule has 1 aliphatic rings. The van der Waals surface area contributed by atoms with Gasteiger partial charge in [0.1, 0.15) is 11.4 Å². The Morgan fingerprint density at radius 3 is 2.71 bits per heavy atom. The van der Waals surface area contributed by atoms with Crippen LogP contribution >= 0.6 is 0 Å². The van der Waals surface area contributed by atoms with Gasteiger partial charge in [-0.15, -0.1) is 0 Å². The average Bonchev–Trinajstić information content (AvgIpc) is 2.70. The van der Waals surface area contributed by atoms with Crippen molar-refractivity contribution in [3.05, 3.63) is 75.8 Å². The van der Waals surface area contributed by atoms with Gasteiger partial charge in [0.15, 0.2) is 5.82 Å². The minimum Gasteiger partial charge on any atom is -0.491 e. The van der Waals surface area contributed by atoms with E-state index in [1.165, 1.54) is 5.56 Å². The standard InChI is InChI=1S/C22H24N4O2/c1-15(2)28-17-8-6-16(7-9-17)13-26-12-10-19-18(14-26)22(27)25-21(24-19)20-5-3-4-11-23-20/h3-9,11,15H,10,12-14H2,1-2H3,(H,24,25,27). The molecule has 0 radical (unpaired) electrons. The topological polar surface area (TPSA) is 71.1 Å². The molecule has 6 nitrogen and oxygen atoms in total. The number of hydrogen-bond donors (Lipinski definition) is 1. The molecule has 0 aliphatic carbocycles. The van der Waals surface area contributed by atoms with Crippen LogP contribution in [0.2, 0.25) is 0 Å². The lowest BCUT2D eigenvalue weighted by molar-refractivity contribution is 0.238. The molecule has 0 spiro atoms. The minimum absolute atomic E-state index is 0.0731. The predicted molar refractivity (Wildman–Crippen MR) is 108 cm³/mol. The molecule has 0 atom stereocenters. The zero-order chi connectivity index (χ0) is 19.5. The number of fused-ring (bicyclic) bond motifs is 1. The Hall–Kier alpha value is -2.99. The summed E-state index contributed by atoms with van der Waals surface area (Å²) in [6.45, 7) is 6.30. The summed E-state index contributed by atoms with van der Waals surface area (Å²) in [6.07, 6.45) is 2.63. The third-order valence-electron chi connectivity index (χ3n) is 4.76. The Bertz CT molecular complexity index is 997. The van der Waals surface area contributed by atoms with Crippen LogP contribution < -0.4 is 10.3 Å². The zero-order valence-electron chi connectivity index (χ0n) is 16.2. The first-order chi connectivity index (χ1) is 13.6. The van der Waals surface area contributed by atoms with Crippen LogP contribution in [0.15, 0.2) is 53.5 Å². The quantitative estimate of drug-likeness (QED) is 0.741. The number of nitrogens with one attached hydrogen (secondary N) is 1. The van der Waals surface area contributed by atoms with Crippen molar-refractivity contribution in [2.75, 3.05) is 6.54 Å². The maximum absolute atomic E-state index is 12.6. The molecule has 1 N–H and O–H groups in total. The molecule has 0 bridgehead atoms. The molecule has 0 amide bonds. The maximum Gasteiger partial charge on any atom is 0.255 e. The summed E-state index contributed by atoms with van der Waals surface area (Å²) in [5.74, 6) is 1.42. The highest BCUT2D eigenvalue weighted by atomic mass is 16.5. The number of aromatic nitrogens is 3. The van der Waals surface area contributed by atoms with Gasteiger partial charge in [-0.1, -0.05) is 18.2 Å². The third-order valence-corrected chi connectivity index (χ3v) is 4.76. The van der Waals surface area contributed by atoms with Crippen molar-refractivity contribution in [1.29, 1.82) is 0 Å². The van der Waals surface area contributed by atoms with Crippen LogP contribution in [-0.2, 0) is 19.5 Å². The predicted octanol–water partition coefficient (Wildman–Crippen LogP) is 3.18. The summed E-state index contributed by atoms with van der Waals surface area (Å²) in [5, 5.41) is 0. The smallest absolute Gasteiger partial charge is 0.255 e. The molecule has 1 aromatic carbocycles. The number of ether oxygens (including phenoxy) is 1. The second kappa shape index (κ2) is 7.94. The van der Waals surface area contributed by atoms with Gasteiger partial charge in [0.25, 0.3) is 5.56 Å². The van der Waals surface area contributed by atoms with Gasteiger partial charge >= 0.3 is 0 Å². The van der Waals surface area contributed by atoms with Crippen LogP contribution in [-0.4, -0.2) is 32.5 Å². The number of aromatic amines is 1. The number of pyridine rings is 1. The normalized spacial score (nSPS) is 14.1. The van der Waals surface area contributed by atoms with E-state index in [2.05, 4.69) is 32.0 Å². The molecule has 144 valence electrons. The fourth-order valence-corrected chi connectivity index (χ4v) is 3.44. The molecule has 4 rings (SSSR count). The summed E-state index contributed by atoms with van der Waals surface area (Å²) in [4.78, 5) is 26.7. The molecule has 0 saturated heterocycles.